The molecule has 0 aromatic heterocycles. The molecule has 0 heterocycles. The first kappa shape index (κ1) is 10.7. The predicted molar refractivity (Wildman–Crippen MR) is 51.5 cm³/mol. The van der Waals surface area contributed by atoms with Gasteiger partial charge in [0.25, 0.3) is 0 Å². The van der Waals surface area contributed by atoms with E-state index in [0.717, 1.165) is 0 Å². The largest absolute Gasteiger partial charge is 0.496 e. The second kappa shape index (κ2) is 4.19. The highest BCUT2D eigenvalue weighted by molar-refractivity contribution is 6.32. The van der Waals surface area contributed by atoms with E-state index in [0.29, 0.717) is 10.8 Å². The maximum Gasteiger partial charge on any atom is 0.339 e. The van der Waals surface area contributed by atoms with Crippen molar-refractivity contribution in [2.75, 3.05) is 14.2 Å². The molecule has 0 atom stereocenters. The van der Waals surface area contributed by atoms with E-state index in [-0.39, 0.29) is 11.3 Å². The molecule has 0 radical (unpaired) electrons. The number of hydrogen-bond acceptors (Lipinski definition) is 3. The fourth-order valence-electron chi connectivity index (χ4n) is 1.03. The maximum atomic E-state index is 10.8. The van der Waals surface area contributed by atoms with Crippen LogP contribution < -0.4 is 9.47 Å². The molecule has 0 aliphatic carbocycles. The topological polar surface area (TPSA) is 55.8 Å². The number of hydrogen-bond donors (Lipinski definition) is 1. The van der Waals surface area contributed by atoms with Gasteiger partial charge >= 0.3 is 5.97 Å². The number of carboxylic acids is 1. The van der Waals surface area contributed by atoms with Crippen molar-refractivity contribution in [1.82, 2.24) is 0 Å². The highest BCUT2D eigenvalue weighted by atomic mass is 35.5. The number of methoxy groups -OCH3 is 2. The Balaban J connectivity index is 3.32. The second-order valence-electron chi connectivity index (χ2n) is 2.49. The monoisotopic (exact) mass is 216 g/mol. The molecule has 0 aliphatic heterocycles. The van der Waals surface area contributed by atoms with Crippen molar-refractivity contribution in [2.45, 2.75) is 0 Å². The Bertz CT molecular complexity index is 362. The van der Waals surface area contributed by atoms with E-state index in [1.54, 1.807) is 0 Å². The number of halogens is 1. The second-order valence-corrected chi connectivity index (χ2v) is 2.90. The van der Waals surface area contributed by atoms with Crippen LogP contribution in [0.2, 0.25) is 5.02 Å². The van der Waals surface area contributed by atoms with Gasteiger partial charge in [-0.2, -0.15) is 0 Å². The number of ether oxygens (including phenoxy) is 2. The summed E-state index contributed by atoms with van der Waals surface area (Å²) in [4.78, 5) is 10.8. The number of carboxylic acid groups (broad SMARTS) is 1. The summed E-state index contributed by atoms with van der Waals surface area (Å²) in [6.07, 6.45) is 0. The molecule has 1 N–H and O–H groups in total. The minimum absolute atomic E-state index is 0.0220. The van der Waals surface area contributed by atoms with Crippen molar-refractivity contribution in [2.24, 2.45) is 0 Å². The van der Waals surface area contributed by atoms with Crippen LogP contribution in [0.15, 0.2) is 12.1 Å². The third-order valence-electron chi connectivity index (χ3n) is 1.70. The van der Waals surface area contributed by atoms with E-state index >= 15 is 0 Å². The predicted octanol–water partition coefficient (Wildman–Crippen LogP) is 2.06. The lowest BCUT2D eigenvalue weighted by Gasteiger charge is -2.08. The Hall–Kier alpha value is -1.42. The van der Waals surface area contributed by atoms with Gasteiger partial charge in [0.15, 0.2) is 0 Å². The fourth-order valence-corrected chi connectivity index (χ4v) is 1.26. The molecule has 0 saturated heterocycles. The zero-order chi connectivity index (χ0) is 10.7. The van der Waals surface area contributed by atoms with Crippen LogP contribution in [0.3, 0.4) is 0 Å². The lowest BCUT2D eigenvalue weighted by Crippen LogP contribution is -2.01. The van der Waals surface area contributed by atoms with E-state index in [2.05, 4.69) is 0 Å². The molecule has 1 aromatic rings. The van der Waals surface area contributed by atoms with Crippen molar-refractivity contribution >= 4 is 17.6 Å². The molecule has 0 unspecified atom stereocenters. The maximum absolute atomic E-state index is 10.8. The molecule has 76 valence electrons. The summed E-state index contributed by atoms with van der Waals surface area (Å²) in [6.45, 7) is 0. The summed E-state index contributed by atoms with van der Waals surface area (Å²) in [5.41, 5.74) is 0.0220. The first-order valence-corrected chi connectivity index (χ1v) is 4.12. The van der Waals surface area contributed by atoms with Crippen LogP contribution in [0.25, 0.3) is 0 Å². The molecule has 14 heavy (non-hydrogen) atoms. The molecule has 1 aromatic carbocycles. The molecular weight excluding hydrogens is 208 g/mol. The van der Waals surface area contributed by atoms with E-state index in [1.807, 2.05) is 0 Å². The minimum atomic E-state index is -1.09. The molecule has 1 rings (SSSR count). The molecular formula is C9H9ClO4. The zero-order valence-corrected chi connectivity index (χ0v) is 8.46. The molecule has 4 nitrogen and oxygen atoms in total. The molecule has 0 fully saturated rings. The molecule has 0 saturated carbocycles. The van der Waals surface area contributed by atoms with Crippen molar-refractivity contribution in [3.63, 3.8) is 0 Å². The van der Waals surface area contributed by atoms with E-state index in [1.165, 1.54) is 26.4 Å². The fraction of sp³-hybridized carbons (Fsp3) is 0.222. The molecule has 0 spiro atoms. The van der Waals surface area contributed by atoms with Crippen LogP contribution in [-0.2, 0) is 0 Å². The van der Waals surface area contributed by atoms with Gasteiger partial charge in [-0.15, -0.1) is 0 Å². The van der Waals surface area contributed by atoms with Gasteiger partial charge in [-0.25, -0.2) is 4.79 Å². The third kappa shape index (κ3) is 1.90. The van der Waals surface area contributed by atoms with E-state index in [4.69, 9.17) is 26.2 Å². The Labute approximate surface area is 86.0 Å². The van der Waals surface area contributed by atoms with Gasteiger partial charge in [-0.05, 0) is 6.07 Å². The molecule has 0 bridgehead atoms. The average molecular weight is 217 g/mol. The number of aromatic carboxylic acids is 1. The first-order valence-electron chi connectivity index (χ1n) is 3.75. The van der Waals surface area contributed by atoms with Crippen LogP contribution in [0.5, 0.6) is 11.5 Å². The van der Waals surface area contributed by atoms with E-state index < -0.39 is 5.97 Å². The SMILES string of the molecule is COc1cc(C(=O)O)c(OC)cc1Cl. The highest BCUT2D eigenvalue weighted by Crippen LogP contribution is 2.32. The summed E-state index contributed by atoms with van der Waals surface area (Å²) < 4.78 is 9.75. The first-order chi connectivity index (χ1) is 6.60. The zero-order valence-electron chi connectivity index (χ0n) is 7.70. The van der Waals surface area contributed by atoms with Gasteiger partial charge in [-0.3, -0.25) is 0 Å². The molecule has 5 heteroatoms. The van der Waals surface area contributed by atoms with Crippen LogP contribution in [-0.4, -0.2) is 25.3 Å². The summed E-state index contributed by atoms with van der Waals surface area (Å²) >= 11 is 5.79. The number of benzene rings is 1. The van der Waals surface area contributed by atoms with Crippen LogP contribution in [0.4, 0.5) is 0 Å². The summed E-state index contributed by atoms with van der Waals surface area (Å²) in [5, 5.41) is 9.14. The highest BCUT2D eigenvalue weighted by Gasteiger charge is 2.14. The number of carbonyl (C=O) groups is 1. The van der Waals surface area contributed by atoms with Crippen LogP contribution in [0.1, 0.15) is 10.4 Å². The van der Waals surface area contributed by atoms with Crippen molar-refractivity contribution in [3.05, 3.63) is 22.7 Å². The Morgan fingerprint density at radius 1 is 1.29 bits per heavy atom. The lowest BCUT2D eigenvalue weighted by molar-refractivity contribution is 0.0693. The smallest absolute Gasteiger partial charge is 0.339 e. The van der Waals surface area contributed by atoms with Crippen LogP contribution in [0, 0.1) is 0 Å². The van der Waals surface area contributed by atoms with Crippen LogP contribution >= 0.6 is 11.6 Å². The average Bonchev–Trinajstić information content (AvgIpc) is 2.16. The van der Waals surface area contributed by atoms with Gasteiger partial charge in [0.05, 0.1) is 19.2 Å². The number of rotatable bonds is 3. The Morgan fingerprint density at radius 2 is 1.86 bits per heavy atom. The van der Waals surface area contributed by atoms with Gasteiger partial charge in [-0.1, -0.05) is 11.6 Å². The normalized spacial score (nSPS) is 9.64. The quantitative estimate of drug-likeness (QED) is 0.840. The van der Waals surface area contributed by atoms with Crippen molar-refractivity contribution < 1.29 is 19.4 Å². The Morgan fingerprint density at radius 3 is 2.29 bits per heavy atom. The lowest BCUT2D eigenvalue weighted by atomic mass is 10.2. The third-order valence-corrected chi connectivity index (χ3v) is 2.00. The van der Waals surface area contributed by atoms with E-state index in [9.17, 15) is 4.79 Å². The molecule has 0 aliphatic rings. The Kier molecular flexibility index (Phi) is 3.19. The van der Waals surface area contributed by atoms with Gasteiger partial charge in [0, 0.05) is 6.07 Å². The minimum Gasteiger partial charge on any atom is -0.496 e. The van der Waals surface area contributed by atoms with Gasteiger partial charge in [0.1, 0.15) is 17.1 Å². The van der Waals surface area contributed by atoms with Crippen molar-refractivity contribution in [3.8, 4) is 11.5 Å². The molecule has 0 amide bonds. The summed E-state index contributed by atoms with van der Waals surface area (Å²) in [7, 11) is 2.80. The van der Waals surface area contributed by atoms with Crippen molar-refractivity contribution in [1.29, 1.82) is 0 Å². The van der Waals surface area contributed by atoms with Gasteiger partial charge in [0.2, 0.25) is 0 Å². The standard InChI is InChI=1S/C9H9ClO4/c1-13-7-4-6(10)8(14-2)3-5(7)9(11)12/h3-4H,1-2H3,(H,11,12). The summed E-state index contributed by atoms with van der Waals surface area (Å²) in [6, 6.07) is 2.73. The summed E-state index contributed by atoms with van der Waals surface area (Å²) in [5.74, 6) is -0.565. The van der Waals surface area contributed by atoms with Gasteiger partial charge < -0.3 is 14.6 Å².